The molecule has 2 aromatic heterocycles. The van der Waals surface area contributed by atoms with Crippen LogP contribution in [0, 0.1) is 22.6 Å². The van der Waals surface area contributed by atoms with Crippen LogP contribution in [0.5, 0.6) is 0 Å². The Kier molecular flexibility index (Phi) is 5.07. The lowest BCUT2D eigenvalue weighted by molar-refractivity contribution is 0.0581. The maximum absolute atomic E-state index is 13.7. The zero-order valence-electron chi connectivity index (χ0n) is 19.7. The van der Waals surface area contributed by atoms with Gasteiger partial charge < -0.3 is 9.64 Å². The third-order valence-electron chi connectivity index (χ3n) is 8.22. The molecule has 2 saturated heterocycles. The van der Waals surface area contributed by atoms with Crippen molar-refractivity contribution < 1.29 is 9.13 Å². The highest BCUT2D eigenvalue weighted by molar-refractivity contribution is 6.30. The molecule has 3 aromatic rings. The average Bonchev–Trinajstić information content (AvgIpc) is 3.46. The van der Waals surface area contributed by atoms with Gasteiger partial charge in [0.05, 0.1) is 18.8 Å². The predicted octanol–water partition coefficient (Wildman–Crippen LogP) is 3.81. The molecule has 0 radical (unpaired) electrons. The first kappa shape index (κ1) is 22.2. The number of fused-ring (bicyclic) bond motifs is 3. The molecule has 36 heavy (non-hydrogen) atoms. The minimum absolute atomic E-state index is 0.150. The molecule has 0 amide bonds. The van der Waals surface area contributed by atoms with Gasteiger partial charge in [0.15, 0.2) is 17.3 Å². The Bertz CT molecular complexity index is 1380. The van der Waals surface area contributed by atoms with Gasteiger partial charge in [-0.25, -0.2) is 9.37 Å². The van der Waals surface area contributed by atoms with Crippen molar-refractivity contribution in [3.63, 3.8) is 0 Å². The second kappa shape index (κ2) is 8.23. The maximum Gasteiger partial charge on any atom is 0.178 e. The molecular weight excluding hydrogens is 481 g/mol. The average molecular weight is 506 g/mol. The number of rotatable bonds is 3. The number of nitriles is 1. The van der Waals surface area contributed by atoms with Gasteiger partial charge in [0.1, 0.15) is 17.7 Å². The molecule has 10 heteroatoms. The Labute approximate surface area is 213 Å². The molecule has 3 aliphatic heterocycles. The number of hydrogen-bond acceptors (Lipinski definition) is 7. The summed E-state index contributed by atoms with van der Waals surface area (Å²) in [6.45, 7) is 4.80. The van der Waals surface area contributed by atoms with Crippen LogP contribution in [0.4, 0.5) is 10.2 Å². The van der Waals surface area contributed by atoms with Crippen LogP contribution in [0.15, 0.2) is 30.3 Å². The van der Waals surface area contributed by atoms with Crippen molar-refractivity contribution in [3.05, 3.63) is 64.1 Å². The van der Waals surface area contributed by atoms with Crippen molar-refractivity contribution in [1.29, 1.82) is 5.26 Å². The normalized spacial score (nSPS) is 22.9. The van der Waals surface area contributed by atoms with Crippen molar-refractivity contribution in [1.82, 2.24) is 24.6 Å². The minimum Gasteiger partial charge on any atom is -0.380 e. The first-order valence-corrected chi connectivity index (χ1v) is 12.8. The van der Waals surface area contributed by atoms with E-state index in [1.807, 2.05) is 12.1 Å². The lowest BCUT2D eigenvalue weighted by atomic mass is 9.57. The molecule has 1 aromatic carbocycles. The molecule has 8 nitrogen and oxygen atoms in total. The van der Waals surface area contributed by atoms with Gasteiger partial charge >= 0.3 is 0 Å². The van der Waals surface area contributed by atoms with Crippen LogP contribution in [0.1, 0.15) is 48.1 Å². The van der Waals surface area contributed by atoms with Crippen molar-refractivity contribution in [2.45, 2.75) is 44.3 Å². The van der Waals surface area contributed by atoms with Gasteiger partial charge in [0.2, 0.25) is 0 Å². The summed E-state index contributed by atoms with van der Waals surface area (Å²) in [6, 6.07) is 11.3. The van der Waals surface area contributed by atoms with E-state index in [9.17, 15) is 4.39 Å². The molecule has 0 N–H and O–H groups in total. The molecule has 3 fully saturated rings. The van der Waals surface area contributed by atoms with Gasteiger partial charge in [-0.05, 0) is 55.2 Å². The monoisotopic (exact) mass is 505 g/mol. The Morgan fingerprint density at radius 3 is 2.78 bits per heavy atom. The van der Waals surface area contributed by atoms with E-state index in [0.29, 0.717) is 17.8 Å². The van der Waals surface area contributed by atoms with Crippen LogP contribution in [-0.4, -0.2) is 57.0 Å². The SMILES string of the molecule is N#Cc1nc(N2CC3(CC(c4nnc5n4-c4ccc(Cl)cc4CN([C@@H]4CCOC4)C5)C3)C2)ccc1F. The number of pyridine rings is 1. The highest BCUT2D eigenvalue weighted by atomic mass is 35.5. The summed E-state index contributed by atoms with van der Waals surface area (Å²) in [6.07, 6.45) is 3.07. The zero-order valence-corrected chi connectivity index (χ0v) is 20.5. The van der Waals surface area contributed by atoms with Crippen molar-refractivity contribution >= 4 is 17.4 Å². The van der Waals surface area contributed by atoms with Gasteiger partial charge in [-0.2, -0.15) is 5.26 Å². The Balaban J connectivity index is 1.12. The third kappa shape index (κ3) is 3.51. The predicted molar refractivity (Wildman–Crippen MR) is 130 cm³/mol. The topological polar surface area (TPSA) is 83.1 Å². The molecule has 0 unspecified atom stereocenters. The lowest BCUT2D eigenvalue weighted by Crippen LogP contribution is -2.62. The molecule has 7 rings (SSSR count). The van der Waals surface area contributed by atoms with Gasteiger partial charge in [-0.1, -0.05) is 11.6 Å². The summed E-state index contributed by atoms with van der Waals surface area (Å²) in [5, 5.41) is 19.2. The Morgan fingerprint density at radius 1 is 1.14 bits per heavy atom. The number of halogens is 2. The van der Waals surface area contributed by atoms with E-state index < -0.39 is 5.82 Å². The smallest absolute Gasteiger partial charge is 0.178 e. The minimum atomic E-state index is -0.576. The van der Waals surface area contributed by atoms with Crippen LogP contribution in [0.25, 0.3) is 5.69 Å². The van der Waals surface area contributed by atoms with Crippen LogP contribution in [0.3, 0.4) is 0 Å². The molecular formula is C26H25ClFN7O. The molecule has 1 saturated carbocycles. The fourth-order valence-electron chi connectivity index (χ4n) is 6.42. The van der Waals surface area contributed by atoms with E-state index in [1.165, 1.54) is 11.6 Å². The second-order valence-electron chi connectivity index (χ2n) is 10.6. The first-order chi connectivity index (χ1) is 17.5. The number of nitrogens with zero attached hydrogens (tertiary/aromatic N) is 7. The van der Waals surface area contributed by atoms with Crippen LogP contribution < -0.4 is 4.90 Å². The maximum atomic E-state index is 13.7. The quantitative estimate of drug-likeness (QED) is 0.535. The second-order valence-corrected chi connectivity index (χ2v) is 11.0. The van der Waals surface area contributed by atoms with Gasteiger partial charge in [-0.15, -0.1) is 10.2 Å². The van der Waals surface area contributed by atoms with Crippen molar-refractivity contribution in [3.8, 4) is 11.8 Å². The lowest BCUT2D eigenvalue weighted by Gasteiger charge is -2.59. The summed E-state index contributed by atoms with van der Waals surface area (Å²) in [4.78, 5) is 8.75. The van der Waals surface area contributed by atoms with Gasteiger partial charge in [0, 0.05) is 48.6 Å². The summed E-state index contributed by atoms with van der Waals surface area (Å²) in [5.41, 5.74) is 2.36. The van der Waals surface area contributed by atoms with Gasteiger partial charge in [-0.3, -0.25) is 9.47 Å². The summed E-state index contributed by atoms with van der Waals surface area (Å²) in [5.74, 6) is 2.41. The van der Waals surface area contributed by atoms with Crippen LogP contribution in [-0.2, 0) is 17.8 Å². The first-order valence-electron chi connectivity index (χ1n) is 12.4. The van der Waals surface area contributed by atoms with Crippen LogP contribution >= 0.6 is 11.6 Å². The molecule has 1 spiro atoms. The van der Waals surface area contributed by atoms with E-state index in [0.717, 1.165) is 81.0 Å². The molecule has 184 valence electrons. The number of aromatic nitrogens is 4. The Morgan fingerprint density at radius 2 is 2.00 bits per heavy atom. The Hall–Kier alpha value is -3.06. The van der Waals surface area contributed by atoms with E-state index >= 15 is 0 Å². The van der Waals surface area contributed by atoms with E-state index in [2.05, 4.69) is 36.6 Å². The molecule has 5 heterocycles. The zero-order chi connectivity index (χ0) is 24.4. The fourth-order valence-corrected chi connectivity index (χ4v) is 6.62. The van der Waals surface area contributed by atoms with Crippen LogP contribution in [0.2, 0.25) is 5.02 Å². The number of ether oxygens (including phenoxy) is 1. The molecule has 4 aliphatic rings. The highest BCUT2D eigenvalue weighted by Crippen LogP contribution is 2.56. The van der Waals surface area contributed by atoms with E-state index in [4.69, 9.17) is 26.7 Å². The van der Waals surface area contributed by atoms with E-state index in [-0.39, 0.29) is 11.1 Å². The number of anilines is 1. The highest BCUT2D eigenvalue weighted by Gasteiger charge is 2.54. The largest absolute Gasteiger partial charge is 0.380 e. The van der Waals surface area contributed by atoms with Crippen molar-refractivity contribution in [2.75, 3.05) is 31.2 Å². The van der Waals surface area contributed by atoms with Crippen molar-refractivity contribution in [2.24, 2.45) is 5.41 Å². The molecule has 1 atom stereocenters. The summed E-state index contributed by atoms with van der Waals surface area (Å²) >= 11 is 6.40. The summed E-state index contributed by atoms with van der Waals surface area (Å²) < 4.78 is 21.6. The van der Waals surface area contributed by atoms with Gasteiger partial charge in [0.25, 0.3) is 0 Å². The number of hydrogen-bond donors (Lipinski definition) is 0. The standard InChI is InChI=1S/C26H25ClFN7O/c27-18-1-3-22-16(7-18)11-33(19-5-6-36-13-19)12-24-31-32-25(35(22)24)17-8-26(9-17)14-34(15-26)23-4-2-20(28)21(10-29)30-23/h1-4,7,17,19H,5-6,8-9,11-15H2/t19-/m1/s1. The molecule has 1 aliphatic carbocycles. The fraction of sp³-hybridized carbons (Fsp3) is 0.462. The molecule has 0 bridgehead atoms. The third-order valence-corrected chi connectivity index (χ3v) is 8.45. The van der Waals surface area contributed by atoms with E-state index in [1.54, 1.807) is 6.07 Å². The summed E-state index contributed by atoms with van der Waals surface area (Å²) in [7, 11) is 0. The number of benzene rings is 1.